The maximum Gasteiger partial charge on any atom is 0.238 e. The van der Waals surface area contributed by atoms with Gasteiger partial charge in [0, 0.05) is 16.7 Å². The van der Waals surface area contributed by atoms with Crippen molar-refractivity contribution in [1.82, 2.24) is 0 Å². The Labute approximate surface area is 133 Å². The van der Waals surface area contributed by atoms with Crippen molar-refractivity contribution in [3.63, 3.8) is 0 Å². The molecular formula is C20H14O3. The van der Waals surface area contributed by atoms with E-state index < -0.39 is 11.6 Å². The third-order valence-electron chi connectivity index (χ3n) is 4.26. The van der Waals surface area contributed by atoms with Crippen LogP contribution in [-0.2, 0) is 0 Å². The number of furan rings is 1. The lowest BCUT2D eigenvalue weighted by Gasteiger charge is -2.17. The topological polar surface area (TPSA) is 47.3 Å². The molecule has 112 valence electrons. The maximum atomic E-state index is 12.6. The van der Waals surface area contributed by atoms with Crippen LogP contribution >= 0.6 is 0 Å². The molecule has 0 radical (unpaired) electrons. The number of hydrogen-bond acceptors (Lipinski definition) is 3. The molecule has 1 heterocycles. The lowest BCUT2D eigenvalue weighted by Crippen LogP contribution is -2.21. The standard InChI is InChI=1S/C20H14O3/c1-11-8-12(2)16-14(9-11)18(21)19(22)17-15(10-23-20(16)17)13-6-4-3-5-7-13/h3-10H,1-2H3. The molecule has 1 aliphatic carbocycles. The number of aryl methyl sites for hydroxylation is 2. The molecule has 4 rings (SSSR count). The molecule has 0 aliphatic heterocycles. The third-order valence-corrected chi connectivity index (χ3v) is 4.26. The Bertz CT molecular complexity index is 962. The molecule has 23 heavy (non-hydrogen) atoms. The lowest BCUT2D eigenvalue weighted by molar-refractivity contribution is 0.0815. The Morgan fingerprint density at radius 1 is 0.826 bits per heavy atom. The summed E-state index contributed by atoms with van der Waals surface area (Å²) >= 11 is 0. The molecule has 3 heteroatoms. The number of fused-ring (bicyclic) bond motifs is 3. The first-order valence-electron chi connectivity index (χ1n) is 7.45. The molecule has 2 aromatic carbocycles. The molecule has 0 fully saturated rings. The molecule has 0 amide bonds. The largest absolute Gasteiger partial charge is 0.463 e. The zero-order valence-corrected chi connectivity index (χ0v) is 12.8. The second-order valence-electron chi connectivity index (χ2n) is 5.88. The molecular weight excluding hydrogens is 288 g/mol. The number of benzene rings is 2. The minimum atomic E-state index is -0.495. The average molecular weight is 302 g/mol. The summed E-state index contributed by atoms with van der Waals surface area (Å²) in [6, 6.07) is 13.3. The lowest BCUT2D eigenvalue weighted by atomic mass is 9.83. The van der Waals surface area contributed by atoms with Gasteiger partial charge in [-0.1, -0.05) is 42.0 Å². The zero-order chi connectivity index (χ0) is 16.1. The van der Waals surface area contributed by atoms with E-state index in [1.54, 1.807) is 12.3 Å². The first-order valence-corrected chi connectivity index (χ1v) is 7.45. The van der Waals surface area contributed by atoms with Gasteiger partial charge in [0.2, 0.25) is 11.6 Å². The van der Waals surface area contributed by atoms with Crippen molar-refractivity contribution in [1.29, 1.82) is 0 Å². The van der Waals surface area contributed by atoms with E-state index in [9.17, 15) is 9.59 Å². The van der Waals surface area contributed by atoms with Crippen LogP contribution in [0.2, 0.25) is 0 Å². The summed E-state index contributed by atoms with van der Waals surface area (Å²) < 4.78 is 5.73. The summed E-state index contributed by atoms with van der Waals surface area (Å²) in [4.78, 5) is 25.2. The Morgan fingerprint density at radius 3 is 2.30 bits per heavy atom. The second-order valence-corrected chi connectivity index (χ2v) is 5.88. The van der Waals surface area contributed by atoms with Crippen LogP contribution in [-0.4, -0.2) is 11.6 Å². The molecule has 3 aromatic rings. The highest BCUT2D eigenvalue weighted by Gasteiger charge is 2.36. The molecule has 1 aliphatic rings. The molecule has 0 saturated carbocycles. The minimum absolute atomic E-state index is 0.376. The van der Waals surface area contributed by atoms with Crippen LogP contribution in [0.15, 0.2) is 53.1 Å². The van der Waals surface area contributed by atoms with Crippen molar-refractivity contribution in [2.45, 2.75) is 13.8 Å². The van der Waals surface area contributed by atoms with Crippen LogP contribution in [0, 0.1) is 13.8 Å². The van der Waals surface area contributed by atoms with Crippen molar-refractivity contribution in [3.8, 4) is 22.5 Å². The van der Waals surface area contributed by atoms with Crippen molar-refractivity contribution in [2.24, 2.45) is 0 Å². The minimum Gasteiger partial charge on any atom is -0.463 e. The fourth-order valence-electron chi connectivity index (χ4n) is 3.28. The maximum absolute atomic E-state index is 12.6. The smallest absolute Gasteiger partial charge is 0.238 e. The van der Waals surface area contributed by atoms with Gasteiger partial charge < -0.3 is 4.42 Å². The second kappa shape index (κ2) is 4.78. The highest BCUT2D eigenvalue weighted by Crippen LogP contribution is 2.42. The Morgan fingerprint density at radius 2 is 1.57 bits per heavy atom. The molecule has 0 saturated heterocycles. The molecule has 0 unspecified atom stereocenters. The van der Waals surface area contributed by atoms with E-state index in [0.717, 1.165) is 22.3 Å². The molecule has 0 N–H and O–H groups in total. The van der Waals surface area contributed by atoms with Crippen molar-refractivity contribution >= 4 is 11.6 Å². The van der Waals surface area contributed by atoms with Crippen LogP contribution in [0.4, 0.5) is 0 Å². The third kappa shape index (κ3) is 1.90. The number of hydrogen-bond donors (Lipinski definition) is 0. The predicted molar refractivity (Wildman–Crippen MR) is 87.7 cm³/mol. The van der Waals surface area contributed by atoms with Gasteiger partial charge in [-0.3, -0.25) is 9.59 Å². The highest BCUT2D eigenvalue weighted by molar-refractivity contribution is 6.53. The van der Waals surface area contributed by atoms with Gasteiger partial charge in [-0.15, -0.1) is 0 Å². The van der Waals surface area contributed by atoms with E-state index in [2.05, 4.69) is 0 Å². The van der Waals surface area contributed by atoms with Gasteiger partial charge in [-0.25, -0.2) is 0 Å². The van der Waals surface area contributed by atoms with Crippen molar-refractivity contribution in [2.75, 3.05) is 0 Å². The van der Waals surface area contributed by atoms with E-state index in [0.29, 0.717) is 22.5 Å². The number of rotatable bonds is 1. The van der Waals surface area contributed by atoms with Crippen LogP contribution in [0.3, 0.4) is 0 Å². The predicted octanol–water partition coefficient (Wildman–Crippen LogP) is 4.61. The molecule has 3 nitrogen and oxygen atoms in total. The average Bonchev–Trinajstić information content (AvgIpc) is 2.97. The van der Waals surface area contributed by atoms with Gasteiger partial charge >= 0.3 is 0 Å². The first-order chi connectivity index (χ1) is 11.1. The molecule has 0 spiro atoms. The summed E-state index contributed by atoms with van der Waals surface area (Å²) in [7, 11) is 0. The van der Waals surface area contributed by atoms with E-state index >= 15 is 0 Å². The Balaban J connectivity index is 2.05. The van der Waals surface area contributed by atoms with E-state index in [1.165, 1.54) is 0 Å². The zero-order valence-electron chi connectivity index (χ0n) is 12.8. The van der Waals surface area contributed by atoms with Crippen LogP contribution in [0.25, 0.3) is 22.5 Å². The quantitative estimate of drug-likeness (QED) is 0.617. The highest BCUT2D eigenvalue weighted by atomic mass is 16.3. The number of Topliss-reactive ketones (excluding diaryl/α,β-unsaturated/α-hetero) is 2. The van der Waals surface area contributed by atoms with Gasteiger partial charge in [-0.05, 0) is 31.0 Å². The van der Waals surface area contributed by atoms with Crippen LogP contribution < -0.4 is 0 Å². The fourth-order valence-corrected chi connectivity index (χ4v) is 3.28. The van der Waals surface area contributed by atoms with Gasteiger partial charge in [0.25, 0.3) is 0 Å². The normalized spacial score (nSPS) is 13.0. The summed E-state index contributed by atoms with van der Waals surface area (Å²) in [5.41, 5.74) is 4.99. The van der Waals surface area contributed by atoms with Gasteiger partial charge in [0.15, 0.2) is 0 Å². The van der Waals surface area contributed by atoms with Crippen molar-refractivity contribution < 1.29 is 14.0 Å². The molecule has 0 bridgehead atoms. The van der Waals surface area contributed by atoms with Gasteiger partial charge in [0.1, 0.15) is 5.76 Å². The molecule has 0 atom stereocenters. The number of ketones is 2. The fraction of sp³-hybridized carbons (Fsp3) is 0.100. The van der Waals surface area contributed by atoms with Gasteiger partial charge in [0.05, 0.1) is 11.8 Å². The Kier molecular flexibility index (Phi) is 2.85. The van der Waals surface area contributed by atoms with Gasteiger partial charge in [-0.2, -0.15) is 0 Å². The summed E-state index contributed by atoms with van der Waals surface area (Å²) in [6.45, 7) is 3.85. The number of carbonyl (C=O) groups excluding carboxylic acids is 2. The van der Waals surface area contributed by atoms with Crippen LogP contribution in [0.5, 0.6) is 0 Å². The summed E-state index contributed by atoms with van der Waals surface area (Å²) in [5, 5.41) is 0. The number of carbonyl (C=O) groups is 2. The van der Waals surface area contributed by atoms with E-state index in [1.807, 2.05) is 50.2 Å². The van der Waals surface area contributed by atoms with Crippen molar-refractivity contribution in [3.05, 3.63) is 71.0 Å². The summed E-state index contributed by atoms with van der Waals surface area (Å²) in [6.07, 6.45) is 1.57. The SMILES string of the molecule is Cc1cc(C)c2c(c1)C(=O)C(=O)c1c(-c3ccccc3)coc1-2. The first kappa shape index (κ1) is 13.7. The monoisotopic (exact) mass is 302 g/mol. The molecule has 1 aromatic heterocycles. The summed E-state index contributed by atoms with van der Waals surface area (Å²) in [5.74, 6) is -0.455. The van der Waals surface area contributed by atoms with E-state index in [4.69, 9.17) is 4.42 Å². The van der Waals surface area contributed by atoms with E-state index in [-0.39, 0.29) is 0 Å². The Hall–Kier alpha value is -2.94. The van der Waals surface area contributed by atoms with Crippen LogP contribution in [0.1, 0.15) is 31.8 Å².